The zero-order valence-corrected chi connectivity index (χ0v) is 27.9. The first-order chi connectivity index (χ1) is 24.8. The van der Waals surface area contributed by atoms with E-state index in [0.717, 1.165) is 16.7 Å². The predicted octanol–water partition coefficient (Wildman–Crippen LogP) is 4.90. The van der Waals surface area contributed by atoms with Gasteiger partial charge in [-0.25, -0.2) is 14.8 Å². The number of nitrogens with zero attached hydrogens (tertiary/aromatic N) is 4. The van der Waals surface area contributed by atoms with Gasteiger partial charge in [0.1, 0.15) is 29.3 Å². The number of carbonyl (C=O) groups is 3. The highest BCUT2D eigenvalue weighted by atomic mass is 16.3. The van der Waals surface area contributed by atoms with Crippen LogP contribution in [0, 0.1) is 0 Å². The molecule has 0 spiro atoms. The van der Waals surface area contributed by atoms with Crippen LogP contribution in [0.2, 0.25) is 0 Å². The minimum absolute atomic E-state index is 0.00203. The van der Waals surface area contributed by atoms with Gasteiger partial charge in [0.05, 0.1) is 18.5 Å². The van der Waals surface area contributed by atoms with Crippen molar-refractivity contribution in [2.24, 2.45) is 0 Å². The molecule has 4 aromatic carbocycles. The molecule has 2 aliphatic rings. The summed E-state index contributed by atoms with van der Waals surface area (Å²) in [7, 11) is 0. The van der Waals surface area contributed by atoms with Gasteiger partial charge in [0.25, 0.3) is 0 Å². The zero-order valence-electron chi connectivity index (χ0n) is 27.9. The number of phenolic OH excluding ortho intramolecular Hbond substituents is 1. The monoisotopic (exact) mass is 683 g/mol. The first kappa shape index (κ1) is 33.3. The van der Waals surface area contributed by atoms with E-state index in [1.807, 2.05) is 66.7 Å². The molecule has 2 atom stereocenters. The summed E-state index contributed by atoms with van der Waals surface area (Å²) in [5.74, 6) is -0.125. The number of amides is 4. The van der Waals surface area contributed by atoms with Crippen LogP contribution in [0.5, 0.6) is 5.75 Å². The molecular weight excluding hydrogens is 646 g/mol. The Hall–Kier alpha value is -6.20. The Kier molecular flexibility index (Phi) is 9.36. The summed E-state index contributed by atoms with van der Waals surface area (Å²) in [6, 6.07) is 30.7. The summed E-state index contributed by atoms with van der Waals surface area (Å²) in [5.41, 5.74) is 3.14. The number of hydrogen-bond donors (Lipinski definition) is 2. The molecule has 4 amide bonds. The first-order valence-corrected chi connectivity index (χ1v) is 16.8. The van der Waals surface area contributed by atoms with E-state index in [1.54, 1.807) is 40.3 Å². The van der Waals surface area contributed by atoms with Crippen LogP contribution in [0.1, 0.15) is 16.7 Å². The number of nitrogens with one attached hydrogen (secondary N) is 1. The lowest BCUT2D eigenvalue weighted by Crippen LogP contribution is -2.76. The normalized spacial score (nSPS) is 17.8. The van der Waals surface area contributed by atoms with Crippen molar-refractivity contribution in [1.82, 2.24) is 25.1 Å². The average Bonchev–Trinajstić information content (AvgIpc) is 3.14. The fraction of sp³-hybridized carbons (Fsp3) is 0.200. The molecule has 11 heteroatoms. The van der Waals surface area contributed by atoms with E-state index < -0.39 is 18.2 Å². The molecule has 0 bridgehead atoms. The van der Waals surface area contributed by atoms with Crippen molar-refractivity contribution < 1.29 is 23.9 Å². The average molecular weight is 684 g/mol. The van der Waals surface area contributed by atoms with E-state index >= 15 is 0 Å². The van der Waals surface area contributed by atoms with E-state index in [2.05, 4.69) is 11.9 Å². The van der Waals surface area contributed by atoms with Crippen LogP contribution in [0.15, 0.2) is 131 Å². The molecular formula is C40H37N5O6. The summed E-state index contributed by atoms with van der Waals surface area (Å²) < 4.78 is 6.36. The smallest absolute Gasteiger partial charge is 0.334 e. The minimum atomic E-state index is -0.960. The molecule has 2 aliphatic heterocycles. The fourth-order valence-corrected chi connectivity index (χ4v) is 6.86. The second-order valence-electron chi connectivity index (χ2n) is 12.6. The Bertz CT molecular complexity index is 2140. The summed E-state index contributed by atoms with van der Waals surface area (Å²) >= 11 is 0. The highest BCUT2D eigenvalue weighted by Crippen LogP contribution is 2.31. The summed E-state index contributed by atoms with van der Waals surface area (Å²) in [6.45, 7) is 4.27. The van der Waals surface area contributed by atoms with Crippen LogP contribution in [0.25, 0.3) is 22.3 Å². The Labute approximate surface area is 294 Å². The lowest BCUT2D eigenvalue weighted by atomic mass is 9.98. The van der Waals surface area contributed by atoms with E-state index in [9.17, 15) is 24.3 Å². The van der Waals surface area contributed by atoms with E-state index in [1.165, 1.54) is 28.1 Å². The highest BCUT2D eigenvalue weighted by Gasteiger charge is 2.51. The second kappa shape index (κ2) is 14.3. The largest absolute Gasteiger partial charge is 0.508 e. The lowest BCUT2D eigenvalue weighted by Gasteiger charge is -2.55. The van der Waals surface area contributed by atoms with Gasteiger partial charge in [-0.05, 0) is 29.3 Å². The molecule has 3 heterocycles. The molecule has 0 unspecified atom stereocenters. The van der Waals surface area contributed by atoms with Crippen molar-refractivity contribution in [3.05, 3.63) is 149 Å². The maximum atomic E-state index is 14.5. The number of hydrogen-bond acceptors (Lipinski definition) is 7. The van der Waals surface area contributed by atoms with Gasteiger partial charge in [-0.2, -0.15) is 0 Å². The minimum Gasteiger partial charge on any atom is -0.508 e. The van der Waals surface area contributed by atoms with Gasteiger partial charge in [-0.3, -0.25) is 14.4 Å². The van der Waals surface area contributed by atoms with Crippen LogP contribution in [-0.4, -0.2) is 74.6 Å². The number of rotatable bonds is 9. The van der Waals surface area contributed by atoms with Crippen LogP contribution in [-0.2, 0) is 29.1 Å². The van der Waals surface area contributed by atoms with Crippen LogP contribution >= 0.6 is 0 Å². The molecule has 1 aromatic heterocycles. The maximum Gasteiger partial charge on any atom is 0.334 e. The Balaban J connectivity index is 1.28. The molecule has 7 rings (SSSR count). The second-order valence-corrected chi connectivity index (χ2v) is 12.6. The van der Waals surface area contributed by atoms with Gasteiger partial charge in [0.15, 0.2) is 5.43 Å². The molecule has 2 saturated heterocycles. The molecule has 0 radical (unpaired) electrons. The van der Waals surface area contributed by atoms with Crippen molar-refractivity contribution in [1.29, 1.82) is 0 Å². The van der Waals surface area contributed by atoms with Crippen LogP contribution < -0.4 is 10.7 Å². The van der Waals surface area contributed by atoms with E-state index in [4.69, 9.17) is 4.42 Å². The third-order valence-corrected chi connectivity index (χ3v) is 9.29. The number of piperazine rings is 1. The fourth-order valence-electron chi connectivity index (χ4n) is 6.86. The zero-order chi connectivity index (χ0) is 35.5. The number of fused-ring (bicyclic) bond motifs is 2. The summed E-state index contributed by atoms with van der Waals surface area (Å²) in [6.07, 6.45) is 0.924. The van der Waals surface area contributed by atoms with Gasteiger partial charge in [0.2, 0.25) is 11.8 Å². The lowest BCUT2D eigenvalue weighted by molar-refractivity contribution is -0.189. The topological polar surface area (TPSA) is 127 Å². The number of hydrazine groups is 1. The third-order valence-electron chi connectivity index (χ3n) is 9.29. The summed E-state index contributed by atoms with van der Waals surface area (Å²) in [5, 5.41) is 16.5. The van der Waals surface area contributed by atoms with Gasteiger partial charge in [0, 0.05) is 43.2 Å². The molecule has 5 aromatic rings. The van der Waals surface area contributed by atoms with Crippen LogP contribution in [0.4, 0.5) is 4.79 Å². The maximum absolute atomic E-state index is 14.5. The van der Waals surface area contributed by atoms with Crippen molar-refractivity contribution >= 4 is 28.8 Å². The third kappa shape index (κ3) is 6.84. The molecule has 0 saturated carbocycles. The van der Waals surface area contributed by atoms with E-state index in [0.29, 0.717) is 22.3 Å². The van der Waals surface area contributed by atoms with E-state index in [-0.39, 0.29) is 62.1 Å². The standard InChI is InChI=1S/C40H37N5O6/c1-2-20-43-26-37(48)44-33(21-27-16-18-31(46)19-17-27)39(49)42(25-36(44)45(43)40(50)41-23-28-10-5-3-6-11-28)24-30-14-9-15-32-34(47)22-35(51-38(30)32)29-12-7-4-8-13-29/h2-19,22,33,36,46H,1,20-21,23-26H2,(H,41,50)/t33-,36-/m0/s1. The highest BCUT2D eigenvalue weighted by molar-refractivity contribution is 5.92. The quantitative estimate of drug-likeness (QED) is 0.212. The molecule has 2 N–H and O–H groups in total. The Morgan fingerprint density at radius 1 is 0.902 bits per heavy atom. The number of urea groups is 1. The Morgan fingerprint density at radius 3 is 2.35 bits per heavy atom. The Morgan fingerprint density at radius 2 is 1.63 bits per heavy atom. The van der Waals surface area contributed by atoms with Crippen LogP contribution in [0.3, 0.4) is 0 Å². The number of benzene rings is 4. The molecule has 0 aliphatic carbocycles. The molecule has 258 valence electrons. The molecule has 2 fully saturated rings. The van der Waals surface area contributed by atoms with Gasteiger partial charge in [-0.1, -0.05) is 91.0 Å². The SMILES string of the molecule is C=CCN1CC(=O)N2[C@@H](Cc3ccc(O)cc3)C(=O)N(Cc3cccc4c(=O)cc(-c5ccccc5)oc34)C[C@@H]2N1C(=O)NCc1ccccc1. The van der Waals surface area contributed by atoms with Crippen molar-refractivity contribution in [2.75, 3.05) is 19.6 Å². The van der Waals surface area contributed by atoms with Crippen molar-refractivity contribution in [2.45, 2.75) is 31.7 Å². The molecule has 11 nitrogen and oxygen atoms in total. The first-order valence-electron chi connectivity index (χ1n) is 16.8. The number of para-hydroxylation sites is 1. The van der Waals surface area contributed by atoms with Gasteiger partial charge >= 0.3 is 6.03 Å². The number of aromatic hydroxyl groups is 1. The predicted molar refractivity (Wildman–Crippen MR) is 192 cm³/mol. The summed E-state index contributed by atoms with van der Waals surface area (Å²) in [4.78, 5) is 59.0. The van der Waals surface area contributed by atoms with Crippen molar-refractivity contribution in [3.8, 4) is 17.1 Å². The van der Waals surface area contributed by atoms with Gasteiger partial charge in [-0.15, -0.1) is 6.58 Å². The van der Waals surface area contributed by atoms with Crippen molar-refractivity contribution in [3.63, 3.8) is 0 Å². The number of phenols is 1. The number of carbonyl (C=O) groups excluding carboxylic acids is 3. The van der Waals surface area contributed by atoms with Gasteiger partial charge < -0.3 is 24.6 Å². The molecule has 51 heavy (non-hydrogen) atoms.